The van der Waals surface area contributed by atoms with Crippen molar-refractivity contribution in [1.29, 1.82) is 0 Å². The van der Waals surface area contributed by atoms with Crippen LogP contribution in [0.4, 0.5) is 11.4 Å². The maximum Gasteiger partial charge on any atom is 0.350 e. The predicted octanol–water partition coefficient (Wildman–Crippen LogP) is 5.67. The van der Waals surface area contributed by atoms with Gasteiger partial charge in [-0.25, -0.2) is 23.7 Å². The lowest BCUT2D eigenvalue weighted by Gasteiger charge is -2.37. The summed E-state index contributed by atoms with van der Waals surface area (Å²) in [6.45, 7) is 9.56. The minimum Gasteiger partial charge on any atom is -0.491 e. The lowest BCUT2D eigenvalue weighted by Crippen LogP contribution is -2.46. The van der Waals surface area contributed by atoms with Crippen LogP contribution in [-0.4, -0.2) is 85.7 Å². The summed E-state index contributed by atoms with van der Waals surface area (Å²) in [6.07, 6.45) is 5.19. The third-order valence-electron chi connectivity index (χ3n) is 9.15. The summed E-state index contributed by atoms with van der Waals surface area (Å²) in [5, 5.41) is 16.9. The minimum absolute atomic E-state index is 0.0645. The van der Waals surface area contributed by atoms with Crippen molar-refractivity contribution in [2.24, 2.45) is 0 Å². The first-order valence-corrected chi connectivity index (χ1v) is 18.1. The fourth-order valence-corrected chi connectivity index (χ4v) is 6.79. The number of hydrogen-bond acceptors (Lipinski definition) is 10. The molecule has 0 radical (unpaired) electrons. The normalized spacial score (nSPS) is 19.1. The predicted molar refractivity (Wildman–Crippen MR) is 201 cm³/mol. The Bertz CT molecular complexity index is 2010. The van der Waals surface area contributed by atoms with Crippen molar-refractivity contribution in [2.75, 3.05) is 49.2 Å². The van der Waals surface area contributed by atoms with E-state index in [4.69, 9.17) is 47.3 Å². The summed E-state index contributed by atoms with van der Waals surface area (Å²) >= 11 is 12.7. The van der Waals surface area contributed by atoms with E-state index in [0.717, 1.165) is 62.3 Å². The van der Waals surface area contributed by atoms with Crippen LogP contribution in [0.1, 0.15) is 38.8 Å². The number of carboxylic acids is 1. The SMILES string of the molecule is CC(=O)O.CCC(C)n1ncn(-c2ccc(N3CCN(c4ccc(OC[C@H]5CO[C@](Cn6cncn6)(c6ccc(Cl)cc6Cl)O5)cc4)CC3)cc2)c1=O. The van der Waals surface area contributed by atoms with Crippen molar-refractivity contribution in [3.05, 3.63) is 112 Å². The number of rotatable bonds is 11. The standard InChI is InChI=1S/C35H38Cl2N8O4.C2H4O2/c1-3-25(2)45-34(46)44(24-40-45)29-7-5-27(6-8-29)41-14-16-42(17-15-41)28-9-11-30(12-10-28)47-19-31-20-48-35(49-31,21-43-23-38-22-39-43)32-13-4-26(36)18-33(32)37;1-2(3)4/h4-13,18,22-25,31H,3,14-17,19-21H2,1-2H3;1H3,(H,3,4)/t25?,31-,35-;/m0./s1. The van der Waals surface area contributed by atoms with Crippen LogP contribution < -0.4 is 20.2 Å². The van der Waals surface area contributed by atoms with E-state index in [1.54, 1.807) is 34.0 Å². The van der Waals surface area contributed by atoms with Crippen molar-refractivity contribution >= 4 is 40.5 Å². The topological polar surface area (TPSA) is 142 Å². The third kappa shape index (κ3) is 9.02. The molecule has 5 aromatic rings. The number of hydrogen-bond donors (Lipinski definition) is 1. The number of anilines is 2. The second-order valence-corrected chi connectivity index (χ2v) is 13.7. The molecule has 0 amide bonds. The molecule has 3 atom stereocenters. The van der Waals surface area contributed by atoms with Gasteiger partial charge in [-0.2, -0.15) is 10.2 Å². The molecule has 7 rings (SSSR count). The molecule has 1 unspecified atom stereocenters. The first-order valence-electron chi connectivity index (χ1n) is 17.3. The number of carbonyl (C=O) groups is 1. The van der Waals surface area contributed by atoms with E-state index < -0.39 is 11.8 Å². The number of ether oxygens (including phenoxy) is 3. The van der Waals surface area contributed by atoms with Gasteiger partial charge in [0.1, 0.15) is 44.0 Å². The molecule has 0 bridgehead atoms. The Morgan fingerprint density at radius 1 is 0.962 bits per heavy atom. The van der Waals surface area contributed by atoms with Gasteiger partial charge in [0.2, 0.25) is 5.79 Å². The zero-order chi connectivity index (χ0) is 37.5. The fraction of sp³-hybridized carbons (Fsp3) is 0.378. The Hall–Kier alpha value is -4.89. The van der Waals surface area contributed by atoms with Crippen LogP contribution in [-0.2, 0) is 26.6 Å². The van der Waals surface area contributed by atoms with Crippen LogP contribution in [0.3, 0.4) is 0 Å². The van der Waals surface area contributed by atoms with Crippen molar-refractivity contribution in [3.8, 4) is 11.4 Å². The summed E-state index contributed by atoms with van der Waals surface area (Å²) in [5.74, 6) is -1.24. The van der Waals surface area contributed by atoms with Gasteiger partial charge in [-0.1, -0.05) is 36.2 Å². The highest BCUT2D eigenvalue weighted by atomic mass is 35.5. The molecule has 3 aromatic carbocycles. The number of nitrogens with zero attached hydrogens (tertiary/aromatic N) is 8. The maximum atomic E-state index is 12.8. The molecule has 2 aliphatic heterocycles. The Morgan fingerprint density at radius 3 is 2.17 bits per heavy atom. The minimum atomic E-state index is -1.16. The van der Waals surface area contributed by atoms with Gasteiger partial charge < -0.3 is 29.1 Å². The first kappa shape index (κ1) is 37.9. The monoisotopic (exact) mass is 764 g/mol. The van der Waals surface area contributed by atoms with Gasteiger partial charge in [-0.3, -0.25) is 4.79 Å². The summed E-state index contributed by atoms with van der Waals surface area (Å²) in [7, 11) is 0. The fourth-order valence-electron chi connectivity index (χ4n) is 6.24. The number of halogens is 2. The van der Waals surface area contributed by atoms with E-state index in [0.29, 0.717) is 28.8 Å². The molecule has 2 aliphatic rings. The molecule has 0 saturated carbocycles. The van der Waals surface area contributed by atoms with Gasteiger partial charge in [-0.15, -0.1) is 0 Å². The second-order valence-electron chi connectivity index (χ2n) is 12.8. The Kier molecular flexibility index (Phi) is 12.0. The maximum absolute atomic E-state index is 12.8. The van der Waals surface area contributed by atoms with E-state index in [-0.39, 0.29) is 24.4 Å². The van der Waals surface area contributed by atoms with Gasteiger partial charge in [0, 0.05) is 55.1 Å². The summed E-state index contributed by atoms with van der Waals surface area (Å²) in [5.41, 5.74) is 3.64. The molecule has 280 valence electrons. The van der Waals surface area contributed by atoms with E-state index >= 15 is 0 Å². The molecule has 16 heteroatoms. The summed E-state index contributed by atoms with van der Waals surface area (Å²) < 4.78 is 23.7. The van der Waals surface area contributed by atoms with Gasteiger partial charge in [0.25, 0.3) is 5.97 Å². The number of aliphatic carboxylic acids is 1. The molecule has 53 heavy (non-hydrogen) atoms. The molecule has 4 heterocycles. The Balaban J connectivity index is 0.00000114. The average molecular weight is 766 g/mol. The molecule has 1 N–H and O–H groups in total. The lowest BCUT2D eigenvalue weighted by atomic mass is 10.1. The first-order chi connectivity index (χ1) is 25.5. The van der Waals surface area contributed by atoms with Crippen LogP contribution in [0.2, 0.25) is 10.0 Å². The van der Waals surface area contributed by atoms with Crippen LogP contribution in [0.25, 0.3) is 5.69 Å². The quantitative estimate of drug-likeness (QED) is 0.178. The molecule has 2 aromatic heterocycles. The molecular formula is C37H42Cl2N8O6. The summed E-state index contributed by atoms with van der Waals surface area (Å²) in [4.78, 5) is 30.6. The van der Waals surface area contributed by atoms with Gasteiger partial charge in [-0.05, 0) is 74.0 Å². The molecule has 14 nitrogen and oxygen atoms in total. The molecule has 0 spiro atoms. The molecule has 2 fully saturated rings. The zero-order valence-electron chi connectivity index (χ0n) is 29.7. The van der Waals surface area contributed by atoms with Crippen molar-refractivity contribution < 1.29 is 24.1 Å². The molecule has 2 saturated heterocycles. The molecule has 0 aliphatic carbocycles. The Labute approximate surface area is 317 Å². The largest absolute Gasteiger partial charge is 0.491 e. The number of piperazine rings is 1. The second kappa shape index (κ2) is 16.8. The highest BCUT2D eigenvalue weighted by molar-refractivity contribution is 6.35. The Morgan fingerprint density at radius 2 is 1.58 bits per heavy atom. The van der Waals surface area contributed by atoms with Crippen LogP contribution in [0.15, 0.2) is 90.5 Å². The number of carboxylic acid groups (broad SMARTS) is 1. The smallest absolute Gasteiger partial charge is 0.350 e. The van der Waals surface area contributed by atoms with E-state index in [9.17, 15) is 4.79 Å². The van der Waals surface area contributed by atoms with Crippen molar-refractivity contribution in [1.82, 2.24) is 29.1 Å². The van der Waals surface area contributed by atoms with Gasteiger partial charge >= 0.3 is 5.69 Å². The highest BCUT2D eigenvalue weighted by Gasteiger charge is 2.45. The summed E-state index contributed by atoms with van der Waals surface area (Å²) in [6, 6.07) is 21.6. The van der Waals surface area contributed by atoms with Crippen molar-refractivity contribution in [3.63, 3.8) is 0 Å². The lowest BCUT2D eigenvalue weighted by molar-refractivity contribution is -0.190. The molecular weight excluding hydrogens is 723 g/mol. The van der Waals surface area contributed by atoms with Crippen LogP contribution in [0, 0.1) is 0 Å². The van der Waals surface area contributed by atoms with Crippen LogP contribution in [0.5, 0.6) is 5.75 Å². The van der Waals surface area contributed by atoms with E-state index in [1.165, 1.54) is 11.0 Å². The number of benzene rings is 3. The highest BCUT2D eigenvalue weighted by Crippen LogP contribution is 2.40. The third-order valence-corrected chi connectivity index (χ3v) is 9.70. The van der Waals surface area contributed by atoms with E-state index in [1.807, 2.05) is 44.2 Å². The van der Waals surface area contributed by atoms with Crippen LogP contribution >= 0.6 is 23.2 Å². The van der Waals surface area contributed by atoms with Gasteiger partial charge in [0.05, 0.1) is 23.4 Å². The average Bonchev–Trinajstić information content (AvgIpc) is 3.92. The number of aromatic nitrogens is 6. The van der Waals surface area contributed by atoms with E-state index in [2.05, 4.69) is 49.2 Å². The van der Waals surface area contributed by atoms with Crippen molar-refractivity contribution in [2.45, 2.75) is 51.7 Å². The van der Waals surface area contributed by atoms with Gasteiger partial charge in [0.15, 0.2) is 0 Å². The zero-order valence-corrected chi connectivity index (χ0v) is 31.2.